The van der Waals surface area contributed by atoms with Crippen LogP contribution in [0.5, 0.6) is 0 Å². The minimum atomic E-state index is 0. The molecule has 2 aliphatic rings. The first-order chi connectivity index (χ1) is 10.8. The van der Waals surface area contributed by atoms with Gasteiger partial charge in [0.15, 0.2) is 5.96 Å². The van der Waals surface area contributed by atoms with Gasteiger partial charge in [-0.3, -0.25) is 9.58 Å². The van der Waals surface area contributed by atoms with Crippen LogP contribution in [-0.4, -0.2) is 69.3 Å². The maximum atomic E-state index is 4.73. The van der Waals surface area contributed by atoms with E-state index < -0.39 is 0 Å². The van der Waals surface area contributed by atoms with Crippen molar-refractivity contribution in [2.24, 2.45) is 12.0 Å². The minimum absolute atomic E-state index is 0. The van der Waals surface area contributed by atoms with E-state index in [0.717, 1.165) is 44.5 Å². The van der Waals surface area contributed by atoms with Gasteiger partial charge in [0.1, 0.15) is 18.7 Å². The second-order valence-electron chi connectivity index (χ2n) is 5.78. The minimum Gasteiger partial charge on any atom is -0.357 e. The fourth-order valence-corrected chi connectivity index (χ4v) is 3.06. The number of nitrogens with one attached hydrogen (secondary N) is 1. The second kappa shape index (κ2) is 8.62. The van der Waals surface area contributed by atoms with E-state index in [2.05, 4.69) is 44.3 Å². The molecule has 0 radical (unpaired) electrons. The number of hydrogen-bond donors (Lipinski definition) is 1. The van der Waals surface area contributed by atoms with E-state index in [-0.39, 0.29) is 24.0 Å². The van der Waals surface area contributed by atoms with Gasteiger partial charge in [-0.2, -0.15) is 5.10 Å². The number of aryl methyl sites for hydroxylation is 1. The number of halogens is 1. The fraction of sp³-hybridized carbons (Fsp3) is 0.667. The van der Waals surface area contributed by atoms with Crippen LogP contribution in [0.3, 0.4) is 0 Å². The zero-order valence-corrected chi connectivity index (χ0v) is 16.2. The van der Waals surface area contributed by atoms with Crippen LogP contribution in [0.4, 0.5) is 0 Å². The summed E-state index contributed by atoms with van der Waals surface area (Å²) in [5.74, 6) is 1.87. The molecule has 8 heteroatoms. The molecule has 1 unspecified atom stereocenters. The standard InChI is InChI=1S/C15H25N7.HI/c1-3-16-15(17-10-14-18-12-19-20(14)2)22-9-6-13(11-22)21-7-4-5-8-21;/h4-5,12-13H,3,6-11H2,1-2H3,(H,16,17);1H. The molecule has 0 aromatic carbocycles. The van der Waals surface area contributed by atoms with Gasteiger partial charge < -0.3 is 10.2 Å². The Labute approximate surface area is 154 Å². The van der Waals surface area contributed by atoms with Crippen LogP contribution in [0, 0.1) is 0 Å². The van der Waals surface area contributed by atoms with E-state index in [9.17, 15) is 0 Å². The maximum absolute atomic E-state index is 4.73. The van der Waals surface area contributed by atoms with Gasteiger partial charge in [-0.15, -0.1) is 24.0 Å². The van der Waals surface area contributed by atoms with E-state index in [1.54, 1.807) is 11.0 Å². The lowest BCUT2D eigenvalue weighted by Gasteiger charge is -2.25. The molecule has 1 atom stereocenters. The molecule has 0 bridgehead atoms. The van der Waals surface area contributed by atoms with Crippen molar-refractivity contribution in [1.82, 2.24) is 29.9 Å². The van der Waals surface area contributed by atoms with Gasteiger partial charge in [0.25, 0.3) is 0 Å². The number of nitrogens with zero attached hydrogens (tertiary/aromatic N) is 6. The lowest BCUT2D eigenvalue weighted by Crippen LogP contribution is -2.42. The Hall–Kier alpha value is -1.16. The van der Waals surface area contributed by atoms with Gasteiger partial charge >= 0.3 is 0 Å². The zero-order valence-electron chi connectivity index (χ0n) is 13.9. The van der Waals surface area contributed by atoms with Gasteiger partial charge in [-0.05, 0) is 13.3 Å². The smallest absolute Gasteiger partial charge is 0.194 e. The fourth-order valence-electron chi connectivity index (χ4n) is 3.06. The average Bonchev–Trinajstić information content (AvgIpc) is 3.24. The summed E-state index contributed by atoms with van der Waals surface area (Å²) in [7, 11) is 1.90. The van der Waals surface area contributed by atoms with Gasteiger partial charge in [-0.25, -0.2) is 9.98 Å². The maximum Gasteiger partial charge on any atom is 0.194 e. The first-order valence-electron chi connectivity index (χ1n) is 8.03. The van der Waals surface area contributed by atoms with Crippen LogP contribution in [0.2, 0.25) is 0 Å². The van der Waals surface area contributed by atoms with Crippen LogP contribution in [0.1, 0.15) is 19.2 Å². The molecule has 1 aromatic heterocycles. The summed E-state index contributed by atoms with van der Waals surface area (Å²) in [6.07, 6.45) is 7.30. The SMILES string of the molecule is CCNC(=NCc1ncnn1C)N1CCC(N2CC=CC2)C1.I. The van der Waals surface area contributed by atoms with E-state index in [1.165, 1.54) is 6.42 Å². The van der Waals surface area contributed by atoms with Gasteiger partial charge in [-0.1, -0.05) is 12.2 Å². The van der Waals surface area contributed by atoms with Crippen LogP contribution >= 0.6 is 24.0 Å². The first kappa shape index (κ1) is 18.2. The predicted octanol–water partition coefficient (Wildman–Crippen LogP) is 0.845. The van der Waals surface area contributed by atoms with Gasteiger partial charge in [0, 0.05) is 45.8 Å². The summed E-state index contributed by atoms with van der Waals surface area (Å²) in [6, 6.07) is 0.633. The molecule has 1 N–H and O–H groups in total. The highest BCUT2D eigenvalue weighted by molar-refractivity contribution is 14.0. The highest BCUT2D eigenvalue weighted by atomic mass is 127. The summed E-state index contributed by atoms with van der Waals surface area (Å²) in [4.78, 5) is 13.9. The molecule has 0 spiro atoms. The molecular formula is C15H26IN7. The highest BCUT2D eigenvalue weighted by Crippen LogP contribution is 2.18. The van der Waals surface area contributed by atoms with Gasteiger partial charge in [0.05, 0.1) is 0 Å². The van der Waals surface area contributed by atoms with E-state index in [0.29, 0.717) is 12.6 Å². The van der Waals surface area contributed by atoms with Crippen LogP contribution in [-0.2, 0) is 13.6 Å². The molecule has 2 aliphatic heterocycles. The molecule has 128 valence electrons. The number of guanidine groups is 1. The third-order valence-corrected chi connectivity index (χ3v) is 4.34. The van der Waals surface area contributed by atoms with Crippen molar-refractivity contribution < 1.29 is 0 Å². The Kier molecular flexibility index (Phi) is 6.82. The first-order valence-corrected chi connectivity index (χ1v) is 8.03. The largest absolute Gasteiger partial charge is 0.357 e. The third-order valence-electron chi connectivity index (χ3n) is 4.34. The molecular weight excluding hydrogens is 405 g/mol. The number of hydrogen-bond acceptors (Lipinski definition) is 4. The molecule has 1 fully saturated rings. The molecule has 1 aromatic rings. The number of likely N-dealkylation sites (tertiary alicyclic amines) is 1. The Bertz CT molecular complexity index is 546. The summed E-state index contributed by atoms with van der Waals surface area (Å²) in [6.45, 7) is 7.83. The Balaban J connectivity index is 0.00000192. The monoisotopic (exact) mass is 431 g/mol. The van der Waals surface area contributed by atoms with Crippen molar-refractivity contribution in [3.63, 3.8) is 0 Å². The van der Waals surface area contributed by atoms with E-state index in [1.807, 2.05) is 7.05 Å². The number of rotatable bonds is 4. The molecule has 23 heavy (non-hydrogen) atoms. The summed E-state index contributed by atoms with van der Waals surface area (Å²) in [5, 5.41) is 7.49. The van der Waals surface area contributed by atoms with Crippen molar-refractivity contribution in [1.29, 1.82) is 0 Å². The van der Waals surface area contributed by atoms with E-state index in [4.69, 9.17) is 4.99 Å². The average molecular weight is 431 g/mol. The molecule has 0 aliphatic carbocycles. The molecule has 3 heterocycles. The Morgan fingerprint density at radius 1 is 1.39 bits per heavy atom. The van der Waals surface area contributed by atoms with Crippen molar-refractivity contribution in [2.45, 2.75) is 25.9 Å². The van der Waals surface area contributed by atoms with Crippen molar-refractivity contribution in [3.05, 3.63) is 24.3 Å². The summed E-state index contributed by atoms with van der Waals surface area (Å²) < 4.78 is 1.77. The summed E-state index contributed by atoms with van der Waals surface area (Å²) >= 11 is 0. The topological polar surface area (TPSA) is 61.6 Å². The number of aromatic nitrogens is 3. The number of aliphatic imine (C=N–C) groups is 1. The van der Waals surface area contributed by atoms with Crippen molar-refractivity contribution in [3.8, 4) is 0 Å². The van der Waals surface area contributed by atoms with Crippen LogP contribution in [0.25, 0.3) is 0 Å². The molecule has 3 rings (SSSR count). The van der Waals surface area contributed by atoms with E-state index >= 15 is 0 Å². The molecule has 1 saturated heterocycles. The quantitative estimate of drug-likeness (QED) is 0.332. The molecule has 0 amide bonds. The Morgan fingerprint density at radius 3 is 2.83 bits per heavy atom. The Morgan fingerprint density at radius 2 is 2.17 bits per heavy atom. The molecule has 0 saturated carbocycles. The predicted molar refractivity (Wildman–Crippen MR) is 102 cm³/mol. The molecule has 7 nitrogen and oxygen atoms in total. The van der Waals surface area contributed by atoms with Crippen LogP contribution < -0.4 is 5.32 Å². The van der Waals surface area contributed by atoms with Crippen molar-refractivity contribution in [2.75, 3.05) is 32.7 Å². The lowest BCUT2D eigenvalue weighted by molar-refractivity contribution is 0.259. The normalized spacial score (nSPS) is 21.7. The highest BCUT2D eigenvalue weighted by Gasteiger charge is 2.29. The summed E-state index contributed by atoms with van der Waals surface area (Å²) in [5.41, 5.74) is 0. The third kappa shape index (κ3) is 4.43. The van der Waals surface area contributed by atoms with Crippen molar-refractivity contribution >= 4 is 29.9 Å². The van der Waals surface area contributed by atoms with Crippen LogP contribution in [0.15, 0.2) is 23.5 Å². The lowest BCUT2D eigenvalue weighted by atomic mass is 10.2. The van der Waals surface area contributed by atoms with Gasteiger partial charge in [0.2, 0.25) is 0 Å². The second-order valence-corrected chi connectivity index (χ2v) is 5.78. The zero-order chi connectivity index (χ0) is 15.4.